The van der Waals surface area contributed by atoms with E-state index in [4.69, 9.17) is 0 Å². The molecule has 1 fully saturated rings. The molecule has 1 atom stereocenters. The first kappa shape index (κ1) is 12.6. The zero-order valence-corrected chi connectivity index (χ0v) is 10.6. The quantitative estimate of drug-likeness (QED) is 0.823. The van der Waals surface area contributed by atoms with Crippen LogP contribution in [-0.2, 0) is 0 Å². The van der Waals surface area contributed by atoms with Crippen LogP contribution >= 0.6 is 0 Å². The van der Waals surface area contributed by atoms with Crippen LogP contribution < -0.4 is 0 Å². The van der Waals surface area contributed by atoms with Crippen LogP contribution in [0.25, 0.3) is 0 Å². The van der Waals surface area contributed by atoms with Gasteiger partial charge in [0.15, 0.2) is 0 Å². The van der Waals surface area contributed by atoms with Crippen molar-refractivity contribution in [2.24, 2.45) is 11.8 Å². The molecule has 94 valence electrons. The number of aliphatic hydroxyl groups is 1. The molecule has 1 aromatic carbocycles. The molecule has 1 aliphatic rings. The average Bonchev–Trinajstić information content (AvgIpc) is 2.32. The number of aryl methyl sites for hydroxylation is 1. The van der Waals surface area contributed by atoms with Crippen molar-refractivity contribution in [2.45, 2.75) is 45.6 Å². The fourth-order valence-corrected chi connectivity index (χ4v) is 2.75. The maximum atomic E-state index is 13.7. The minimum absolute atomic E-state index is 0.225. The zero-order chi connectivity index (χ0) is 12.4. The molecule has 0 bridgehead atoms. The largest absolute Gasteiger partial charge is 0.388 e. The second-order valence-electron chi connectivity index (χ2n) is 5.49. The number of hydrogen-bond donors (Lipinski definition) is 1. The van der Waals surface area contributed by atoms with E-state index in [1.54, 1.807) is 12.1 Å². The lowest BCUT2D eigenvalue weighted by Gasteiger charge is -2.30. The Labute approximate surface area is 103 Å². The molecule has 0 radical (unpaired) electrons. The van der Waals surface area contributed by atoms with Crippen LogP contribution in [0, 0.1) is 24.6 Å². The zero-order valence-electron chi connectivity index (χ0n) is 10.6. The van der Waals surface area contributed by atoms with E-state index in [0.29, 0.717) is 5.56 Å². The van der Waals surface area contributed by atoms with Gasteiger partial charge in [-0.15, -0.1) is 0 Å². The van der Waals surface area contributed by atoms with Gasteiger partial charge in [-0.25, -0.2) is 4.39 Å². The van der Waals surface area contributed by atoms with Gasteiger partial charge in [-0.1, -0.05) is 37.5 Å². The monoisotopic (exact) mass is 236 g/mol. The molecule has 0 spiro atoms. The van der Waals surface area contributed by atoms with Crippen molar-refractivity contribution >= 4 is 0 Å². The third-order valence-electron chi connectivity index (χ3n) is 3.98. The van der Waals surface area contributed by atoms with Crippen LogP contribution in [0.15, 0.2) is 18.2 Å². The van der Waals surface area contributed by atoms with Crippen molar-refractivity contribution in [3.63, 3.8) is 0 Å². The van der Waals surface area contributed by atoms with Gasteiger partial charge in [0.25, 0.3) is 0 Å². The van der Waals surface area contributed by atoms with E-state index >= 15 is 0 Å². The van der Waals surface area contributed by atoms with E-state index in [-0.39, 0.29) is 11.7 Å². The Kier molecular flexibility index (Phi) is 3.82. The molecule has 1 unspecified atom stereocenters. The maximum Gasteiger partial charge on any atom is 0.129 e. The third kappa shape index (κ3) is 2.86. The fourth-order valence-electron chi connectivity index (χ4n) is 2.75. The van der Waals surface area contributed by atoms with E-state index in [9.17, 15) is 9.50 Å². The van der Waals surface area contributed by atoms with Crippen molar-refractivity contribution in [1.29, 1.82) is 0 Å². The number of aliphatic hydroxyl groups excluding tert-OH is 1. The smallest absolute Gasteiger partial charge is 0.129 e. The number of halogens is 1. The summed E-state index contributed by atoms with van der Waals surface area (Å²) in [6.07, 6.45) is 3.68. The Morgan fingerprint density at radius 1 is 1.24 bits per heavy atom. The number of hydrogen-bond acceptors (Lipinski definition) is 1. The predicted octanol–water partition coefficient (Wildman–Crippen LogP) is 3.99. The Hall–Kier alpha value is -0.890. The summed E-state index contributed by atoms with van der Waals surface area (Å²) in [6.45, 7) is 4.18. The third-order valence-corrected chi connectivity index (χ3v) is 3.98. The highest BCUT2D eigenvalue weighted by Gasteiger charge is 2.27. The summed E-state index contributed by atoms with van der Waals surface area (Å²) in [6, 6.07) is 4.98. The molecular weight excluding hydrogens is 215 g/mol. The molecule has 0 saturated heterocycles. The van der Waals surface area contributed by atoms with Crippen molar-refractivity contribution in [2.75, 3.05) is 0 Å². The fraction of sp³-hybridized carbons (Fsp3) is 0.600. The average molecular weight is 236 g/mol. The molecule has 0 aromatic heterocycles. The van der Waals surface area contributed by atoms with Gasteiger partial charge in [-0.3, -0.25) is 0 Å². The second kappa shape index (κ2) is 5.18. The summed E-state index contributed by atoms with van der Waals surface area (Å²) in [7, 11) is 0. The highest BCUT2D eigenvalue weighted by molar-refractivity contribution is 5.26. The summed E-state index contributed by atoms with van der Waals surface area (Å²) in [5, 5.41) is 10.3. The Morgan fingerprint density at radius 2 is 1.88 bits per heavy atom. The molecule has 1 aromatic rings. The molecule has 1 aliphatic carbocycles. The summed E-state index contributed by atoms with van der Waals surface area (Å²) in [5.74, 6) is 0.699. The Bertz CT molecular complexity index is 381. The first-order chi connectivity index (χ1) is 8.08. The first-order valence-corrected chi connectivity index (χ1v) is 6.52. The molecule has 1 nitrogen and oxygen atoms in total. The molecule has 1 N–H and O–H groups in total. The van der Waals surface area contributed by atoms with Crippen LogP contribution in [0.2, 0.25) is 0 Å². The summed E-state index contributed by atoms with van der Waals surface area (Å²) >= 11 is 0. The lowest BCUT2D eigenvalue weighted by atomic mass is 9.78. The molecule has 1 saturated carbocycles. The highest BCUT2D eigenvalue weighted by Crippen LogP contribution is 2.37. The van der Waals surface area contributed by atoms with Gasteiger partial charge in [0.2, 0.25) is 0 Å². The van der Waals surface area contributed by atoms with Gasteiger partial charge >= 0.3 is 0 Å². The topological polar surface area (TPSA) is 20.2 Å². The van der Waals surface area contributed by atoms with Gasteiger partial charge in [0, 0.05) is 5.56 Å². The Morgan fingerprint density at radius 3 is 2.53 bits per heavy atom. The number of benzene rings is 1. The second-order valence-corrected chi connectivity index (χ2v) is 5.49. The summed E-state index contributed by atoms with van der Waals surface area (Å²) in [4.78, 5) is 0. The van der Waals surface area contributed by atoms with E-state index in [0.717, 1.165) is 37.2 Å². The predicted molar refractivity (Wildman–Crippen MR) is 67.2 cm³/mol. The van der Waals surface area contributed by atoms with Gasteiger partial charge in [0.1, 0.15) is 5.82 Å². The van der Waals surface area contributed by atoms with E-state index in [1.165, 1.54) is 6.07 Å². The Balaban J connectivity index is 2.13. The standard InChI is InChI=1S/C15H21FO/c1-10-3-6-12(7-4-10)15(17)13-9-11(2)5-8-14(13)16/h5,8-10,12,15,17H,3-4,6-7H2,1-2H3. The first-order valence-electron chi connectivity index (χ1n) is 6.52. The minimum atomic E-state index is -0.637. The van der Waals surface area contributed by atoms with Crippen LogP contribution in [0.4, 0.5) is 4.39 Å². The normalized spacial score (nSPS) is 26.8. The van der Waals surface area contributed by atoms with Crippen molar-refractivity contribution in [1.82, 2.24) is 0 Å². The van der Waals surface area contributed by atoms with Gasteiger partial charge in [0.05, 0.1) is 6.10 Å². The van der Waals surface area contributed by atoms with E-state index in [1.807, 2.05) is 6.92 Å². The molecular formula is C15H21FO. The van der Waals surface area contributed by atoms with Crippen LogP contribution in [0.5, 0.6) is 0 Å². The molecule has 2 heteroatoms. The highest BCUT2D eigenvalue weighted by atomic mass is 19.1. The number of rotatable bonds is 2. The summed E-state index contributed by atoms with van der Waals surface area (Å²) < 4.78 is 13.7. The molecule has 17 heavy (non-hydrogen) atoms. The lowest BCUT2D eigenvalue weighted by Crippen LogP contribution is -2.20. The molecule has 2 rings (SSSR count). The van der Waals surface area contributed by atoms with Crippen molar-refractivity contribution in [3.05, 3.63) is 35.1 Å². The minimum Gasteiger partial charge on any atom is -0.388 e. The summed E-state index contributed by atoms with van der Waals surface area (Å²) in [5.41, 5.74) is 1.48. The van der Waals surface area contributed by atoms with Gasteiger partial charge in [-0.2, -0.15) is 0 Å². The van der Waals surface area contributed by atoms with Crippen LogP contribution in [-0.4, -0.2) is 5.11 Å². The van der Waals surface area contributed by atoms with E-state index in [2.05, 4.69) is 6.92 Å². The van der Waals surface area contributed by atoms with Crippen LogP contribution in [0.3, 0.4) is 0 Å². The molecule has 0 amide bonds. The van der Waals surface area contributed by atoms with Gasteiger partial charge in [-0.05, 0) is 37.7 Å². The molecule has 0 heterocycles. The van der Waals surface area contributed by atoms with Crippen molar-refractivity contribution < 1.29 is 9.50 Å². The maximum absolute atomic E-state index is 13.7. The SMILES string of the molecule is Cc1ccc(F)c(C(O)C2CCC(C)CC2)c1. The van der Waals surface area contributed by atoms with Gasteiger partial charge < -0.3 is 5.11 Å². The lowest BCUT2D eigenvalue weighted by molar-refractivity contribution is 0.0725. The molecule has 0 aliphatic heterocycles. The van der Waals surface area contributed by atoms with Crippen molar-refractivity contribution in [3.8, 4) is 0 Å². The van der Waals surface area contributed by atoms with Crippen LogP contribution in [0.1, 0.15) is 49.8 Å². The van der Waals surface area contributed by atoms with E-state index < -0.39 is 6.10 Å².